The van der Waals surface area contributed by atoms with Crippen LogP contribution in [-0.2, 0) is 19.1 Å². The number of esters is 1. The largest absolute Gasteiger partial charge is 0.479 e. The van der Waals surface area contributed by atoms with Gasteiger partial charge in [0.05, 0.1) is 6.61 Å². The summed E-state index contributed by atoms with van der Waals surface area (Å²) in [5, 5.41) is 18.8. The predicted molar refractivity (Wildman–Crippen MR) is 116 cm³/mol. The highest BCUT2D eigenvalue weighted by atomic mass is 16.5. The number of allylic oxidation sites excluding steroid dienone is 2. The van der Waals surface area contributed by atoms with Crippen molar-refractivity contribution in [1.82, 2.24) is 0 Å². The molecule has 0 amide bonds. The zero-order valence-corrected chi connectivity index (χ0v) is 18.9. The molecule has 0 bridgehead atoms. The number of carboxylic acid groups (broad SMARTS) is 1. The molecule has 1 fully saturated rings. The third-order valence-corrected chi connectivity index (χ3v) is 6.11. The molecular formula is C24H40O6. The first kappa shape index (κ1) is 26.3. The number of carbonyl (C=O) groups is 3. The number of hydrogen-bond donors (Lipinski definition) is 2. The van der Waals surface area contributed by atoms with Crippen molar-refractivity contribution in [2.24, 2.45) is 17.8 Å². The molecule has 0 aliphatic heterocycles. The minimum Gasteiger partial charge on any atom is -0.479 e. The van der Waals surface area contributed by atoms with Crippen LogP contribution < -0.4 is 0 Å². The fourth-order valence-electron chi connectivity index (χ4n) is 4.19. The van der Waals surface area contributed by atoms with Gasteiger partial charge in [-0.15, -0.1) is 0 Å². The maximum absolute atomic E-state index is 12.6. The molecule has 0 heterocycles. The lowest BCUT2D eigenvalue weighted by Gasteiger charge is -2.21. The first-order chi connectivity index (χ1) is 14.2. The van der Waals surface area contributed by atoms with E-state index in [-0.39, 0.29) is 42.5 Å². The number of ketones is 1. The van der Waals surface area contributed by atoms with E-state index < -0.39 is 11.6 Å². The molecule has 30 heavy (non-hydrogen) atoms. The first-order valence-electron chi connectivity index (χ1n) is 11.5. The Labute approximate surface area is 181 Å². The highest BCUT2D eigenvalue weighted by Crippen LogP contribution is 2.39. The number of ether oxygens (including phenoxy) is 1. The van der Waals surface area contributed by atoms with Crippen LogP contribution in [0.5, 0.6) is 0 Å². The smallest absolute Gasteiger partial charge is 0.335 e. The molecule has 6 nitrogen and oxygen atoms in total. The van der Waals surface area contributed by atoms with Crippen LogP contribution in [0.1, 0.15) is 91.4 Å². The molecule has 0 radical (unpaired) electrons. The summed E-state index contributed by atoms with van der Waals surface area (Å²) in [6.07, 6.45) is 13.7. The average molecular weight is 425 g/mol. The molecule has 1 unspecified atom stereocenters. The lowest BCUT2D eigenvalue weighted by molar-refractivity contribution is -0.157. The third kappa shape index (κ3) is 9.41. The van der Waals surface area contributed by atoms with Crippen molar-refractivity contribution in [1.29, 1.82) is 0 Å². The topological polar surface area (TPSA) is 101 Å². The van der Waals surface area contributed by atoms with E-state index in [0.29, 0.717) is 12.8 Å². The second-order valence-corrected chi connectivity index (χ2v) is 8.87. The van der Waals surface area contributed by atoms with Gasteiger partial charge in [-0.25, -0.2) is 4.79 Å². The van der Waals surface area contributed by atoms with Crippen molar-refractivity contribution in [3.8, 4) is 0 Å². The van der Waals surface area contributed by atoms with Gasteiger partial charge in [0.15, 0.2) is 5.60 Å². The summed E-state index contributed by atoms with van der Waals surface area (Å²) < 4.78 is 5.21. The monoisotopic (exact) mass is 424 g/mol. The molecule has 172 valence electrons. The molecule has 0 aromatic rings. The molecule has 2 N–H and O–H groups in total. The van der Waals surface area contributed by atoms with E-state index in [9.17, 15) is 19.5 Å². The predicted octanol–water partition coefficient (Wildman–Crippen LogP) is 4.68. The van der Waals surface area contributed by atoms with Gasteiger partial charge in [0.1, 0.15) is 5.78 Å². The highest BCUT2D eigenvalue weighted by molar-refractivity contribution is 5.84. The van der Waals surface area contributed by atoms with Crippen LogP contribution in [0, 0.1) is 17.8 Å². The van der Waals surface area contributed by atoms with Gasteiger partial charge >= 0.3 is 11.9 Å². The molecule has 0 aromatic heterocycles. The first-order valence-corrected chi connectivity index (χ1v) is 11.5. The minimum absolute atomic E-state index is 0.0334. The van der Waals surface area contributed by atoms with Crippen LogP contribution in [0.3, 0.4) is 0 Å². The van der Waals surface area contributed by atoms with Gasteiger partial charge in [-0.2, -0.15) is 0 Å². The molecule has 0 saturated heterocycles. The Morgan fingerprint density at radius 2 is 1.87 bits per heavy atom. The van der Waals surface area contributed by atoms with Gasteiger partial charge in [-0.05, 0) is 44.9 Å². The molecular weight excluding hydrogens is 384 g/mol. The Morgan fingerprint density at radius 1 is 1.17 bits per heavy atom. The number of unbranched alkanes of at least 4 members (excludes halogenated alkanes) is 6. The number of aliphatic carboxylic acids is 1. The Bertz CT molecular complexity index is 580. The summed E-state index contributed by atoms with van der Waals surface area (Å²) in [4.78, 5) is 34.8. The molecule has 1 aliphatic carbocycles. The number of aliphatic hydroxyl groups is 1. The lowest BCUT2D eigenvalue weighted by Crippen LogP contribution is -2.34. The van der Waals surface area contributed by atoms with E-state index in [4.69, 9.17) is 9.84 Å². The maximum Gasteiger partial charge on any atom is 0.335 e. The molecule has 1 rings (SSSR count). The molecule has 4 atom stereocenters. The van der Waals surface area contributed by atoms with Crippen LogP contribution in [0.25, 0.3) is 0 Å². The summed E-state index contributed by atoms with van der Waals surface area (Å²) in [5.41, 5.74) is -1.69. The Hall–Kier alpha value is -1.69. The van der Waals surface area contributed by atoms with Crippen LogP contribution in [-0.4, -0.2) is 40.1 Å². The van der Waals surface area contributed by atoms with Gasteiger partial charge in [-0.1, -0.05) is 51.2 Å². The second kappa shape index (κ2) is 13.6. The van der Waals surface area contributed by atoms with Crippen LogP contribution in [0.2, 0.25) is 0 Å². The molecule has 1 aliphatic rings. The van der Waals surface area contributed by atoms with E-state index in [2.05, 4.69) is 19.1 Å². The Balaban J connectivity index is 2.58. The van der Waals surface area contributed by atoms with Crippen LogP contribution in [0.4, 0.5) is 0 Å². The average Bonchev–Trinajstić information content (AvgIpc) is 2.97. The number of carboxylic acids is 1. The fraction of sp³-hybridized carbons (Fsp3) is 0.792. The minimum atomic E-state index is -1.69. The van der Waals surface area contributed by atoms with Crippen molar-refractivity contribution in [3.63, 3.8) is 0 Å². The maximum atomic E-state index is 12.6. The highest BCUT2D eigenvalue weighted by Gasteiger charge is 2.40. The zero-order chi connectivity index (χ0) is 22.6. The standard InChI is InChI=1S/C24H40O6/c1-4-5-6-7-8-10-13-20-19(17-30-18(2)25)16-22(26)21(20)14-11-9-12-15-24(3,29)23(27)28/h10,13,19-21,29H,4-9,11-12,14-17H2,1-3H3,(H,27,28)/t19-,20-,21+,24?/m0/s1. The number of rotatable bonds is 15. The second-order valence-electron chi connectivity index (χ2n) is 8.87. The van der Waals surface area contributed by atoms with Crippen molar-refractivity contribution in [2.75, 3.05) is 6.61 Å². The van der Waals surface area contributed by atoms with Crippen LogP contribution in [0.15, 0.2) is 12.2 Å². The molecule has 6 heteroatoms. The van der Waals surface area contributed by atoms with Gasteiger partial charge < -0.3 is 14.9 Å². The van der Waals surface area contributed by atoms with E-state index in [0.717, 1.165) is 32.1 Å². The van der Waals surface area contributed by atoms with Gasteiger partial charge in [0, 0.05) is 25.2 Å². The summed E-state index contributed by atoms with van der Waals surface area (Å²) >= 11 is 0. The van der Waals surface area contributed by atoms with Gasteiger partial charge in [0.2, 0.25) is 0 Å². The molecule has 0 aromatic carbocycles. The zero-order valence-electron chi connectivity index (χ0n) is 18.9. The fourth-order valence-corrected chi connectivity index (χ4v) is 4.19. The SMILES string of the molecule is CCCCCCC=C[C@H]1[C@H](COC(C)=O)CC(=O)[C@@H]1CCCCCC(C)(O)C(=O)O. The summed E-state index contributed by atoms with van der Waals surface area (Å²) in [6.45, 7) is 5.17. The van der Waals surface area contributed by atoms with Crippen molar-refractivity contribution in [2.45, 2.75) is 97.0 Å². The Kier molecular flexibility index (Phi) is 11.9. The van der Waals surface area contributed by atoms with E-state index in [1.165, 1.54) is 33.1 Å². The summed E-state index contributed by atoms with van der Waals surface area (Å²) in [5.74, 6) is -1.25. The van der Waals surface area contributed by atoms with E-state index in [1.54, 1.807) is 0 Å². The van der Waals surface area contributed by atoms with Crippen molar-refractivity contribution in [3.05, 3.63) is 12.2 Å². The van der Waals surface area contributed by atoms with E-state index in [1.807, 2.05) is 0 Å². The van der Waals surface area contributed by atoms with Gasteiger partial charge in [0.25, 0.3) is 0 Å². The summed E-state index contributed by atoms with van der Waals surface area (Å²) in [7, 11) is 0. The van der Waals surface area contributed by atoms with Crippen molar-refractivity contribution >= 4 is 17.7 Å². The Morgan fingerprint density at radius 3 is 2.50 bits per heavy atom. The number of carbonyl (C=O) groups excluding carboxylic acids is 2. The van der Waals surface area contributed by atoms with Crippen LogP contribution >= 0.6 is 0 Å². The van der Waals surface area contributed by atoms with Gasteiger partial charge in [-0.3, -0.25) is 9.59 Å². The molecule has 1 saturated carbocycles. The number of Topliss-reactive ketones (excluding diaryl/α,β-unsaturated/α-hetero) is 1. The quantitative estimate of drug-likeness (QED) is 0.225. The normalized spacial score (nSPS) is 23.6. The molecule has 0 spiro atoms. The number of hydrogen-bond acceptors (Lipinski definition) is 5. The van der Waals surface area contributed by atoms with E-state index >= 15 is 0 Å². The lowest BCUT2D eigenvalue weighted by atomic mass is 9.85. The van der Waals surface area contributed by atoms with Crippen molar-refractivity contribution < 1.29 is 29.3 Å². The summed E-state index contributed by atoms with van der Waals surface area (Å²) in [6, 6.07) is 0. The third-order valence-electron chi connectivity index (χ3n) is 6.11.